The van der Waals surface area contributed by atoms with Crippen molar-refractivity contribution in [3.63, 3.8) is 0 Å². The molecule has 94 valence electrons. The number of thioether (sulfide) groups is 1. The van der Waals surface area contributed by atoms with Gasteiger partial charge in [0.1, 0.15) is 5.84 Å². The third kappa shape index (κ3) is 4.60. The van der Waals surface area contributed by atoms with Gasteiger partial charge in [-0.1, -0.05) is 30.8 Å². The molecule has 0 amide bonds. The van der Waals surface area contributed by atoms with Crippen LogP contribution in [0.2, 0.25) is 0 Å². The SMILES string of the molecule is CC(C)(CCCSc1ncccn1)C(N)=NO. The van der Waals surface area contributed by atoms with Crippen LogP contribution in [0.25, 0.3) is 0 Å². The van der Waals surface area contributed by atoms with Crippen LogP contribution in [0.4, 0.5) is 0 Å². The number of rotatable bonds is 6. The van der Waals surface area contributed by atoms with Gasteiger partial charge >= 0.3 is 0 Å². The van der Waals surface area contributed by atoms with E-state index in [0.717, 1.165) is 23.8 Å². The van der Waals surface area contributed by atoms with Gasteiger partial charge in [0, 0.05) is 23.6 Å². The van der Waals surface area contributed by atoms with Gasteiger partial charge in [-0.05, 0) is 18.9 Å². The third-order valence-corrected chi connectivity index (χ3v) is 3.48. The number of amidine groups is 1. The molecule has 0 saturated heterocycles. The first-order valence-electron chi connectivity index (χ1n) is 5.44. The van der Waals surface area contributed by atoms with Crippen LogP contribution in [-0.2, 0) is 0 Å². The van der Waals surface area contributed by atoms with Gasteiger partial charge in [0.2, 0.25) is 0 Å². The predicted octanol–water partition coefficient (Wildman–Crippen LogP) is 2.12. The average Bonchev–Trinajstić information content (AvgIpc) is 2.35. The Kier molecular flexibility index (Phi) is 5.21. The Labute approximate surface area is 106 Å². The summed E-state index contributed by atoms with van der Waals surface area (Å²) in [6.07, 6.45) is 5.29. The number of hydrogen-bond acceptors (Lipinski definition) is 5. The topological polar surface area (TPSA) is 84.4 Å². The standard InChI is InChI=1S/C11H18N4OS/c1-11(2,9(12)15-16)5-3-8-17-10-13-6-4-7-14-10/h4,6-7,16H,3,5,8H2,1-2H3,(H2,12,15). The van der Waals surface area contributed by atoms with Gasteiger partial charge in [0.25, 0.3) is 0 Å². The van der Waals surface area contributed by atoms with Crippen LogP contribution in [0.5, 0.6) is 0 Å². The first kappa shape index (κ1) is 13.8. The summed E-state index contributed by atoms with van der Waals surface area (Å²) in [6.45, 7) is 3.93. The van der Waals surface area contributed by atoms with Gasteiger partial charge in [-0.3, -0.25) is 0 Å². The summed E-state index contributed by atoms with van der Waals surface area (Å²) in [4.78, 5) is 8.25. The van der Waals surface area contributed by atoms with Crippen LogP contribution in [0, 0.1) is 5.41 Å². The van der Waals surface area contributed by atoms with Crippen molar-refractivity contribution < 1.29 is 5.21 Å². The molecular weight excluding hydrogens is 236 g/mol. The molecule has 0 aliphatic rings. The molecule has 0 atom stereocenters. The number of nitrogens with zero attached hydrogens (tertiary/aromatic N) is 3. The molecule has 0 aliphatic heterocycles. The van der Waals surface area contributed by atoms with Crippen LogP contribution < -0.4 is 5.73 Å². The van der Waals surface area contributed by atoms with E-state index in [1.54, 1.807) is 30.2 Å². The van der Waals surface area contributed by atoms with Crippen LogP contribution in [0.3, 0.4) is 0 Å². The number of hydrogen-bond donors (Lipinski definition) is 2. The Balaban J connectivity index is 2.29. The van der Waals surface area contributed by atoms with E-state index in [2.05, 4.69) is 15.1 Å². The highest BCUT2D eigenvalue weighted by molar-refractivity contribution is 7.99. The van der Waals surface area contributed by atoms with Crippen molar-refractivity contribution in [1.82, 2.24) is 9.97 Å². The number of nitrogens with two attached hydrogens (primary N) is 1. The van der Waals surface area contributed by atoms with Crippen molar-refractivity contribution in [1.29, 1.82) is 0 Å². The van der Waals surface area contributed by atoms with E-state index in [-0.39, 0.29) is 11.3 Å². The molecule has 0 fully saturated rings. The minimum atomic E-state index is -0.271. The molecule has 6 heteroatoms. The Morgan fingerprint density at radius 1 is 1.47 bits per heavy atom. The minimum Gasteiger partial charge on any atom is -0.409 e. The summed E-state index contributed by atoms with van der Waals surface area (Å²) in [5.41, 5.74) is 5.34. The van der Waals surface area contributed by atoms with Crippen molar-refractivity contribution in [3.05, 3.63) is 18.5 Å². The summed E-state index contributed by atoms with van der Waals surface area (Å²) in [6, 6.07) is 1.80. The molecule has 17 heavy (non-hydrogen) atoms. The normalized spacial score (nSPS) is 12.7. The van der Waals surface area contributed by atoms with E-state index in [9.17, 15) is 0 Å². The lowest BCUT2D eigenvalue weighted by Gasteiger charge is -2.22. The maximum atomic E-state index is 8.64. The second kappa shape index (κ2) is 6.44. The molecule has 1 aromatic heterocycles. The van der Waals surface area contributed by atoms with Crippen LogP contribution in [0.15, 0.2) is 28.8 Å². The first-order chi connectivity index (χ1) is 8.06. The largest absolute Gasteiger partial charge is 0.409 e. The summed E-state index contributed by atoms with van der Waals surface area (Å²) in [5.74, 6) is 1.20. The van der Waals surface area contributed by atoms with E-state index in [4.69, 9.17) is 10.9 Å². The van der Waals surface area contributed by atoms with Crippen molar-refractivity contribution in [2.45, 2.75) is 31.8 Å². The van der Waals surface area contributed by atoms with Gasteiger partial charge < -0.3 is 10.9 Å². The van der Waals surface area contributed by atoms with E-state index in [0.29, 0.717) is 0 Å². The van der Waals surface area contributed by atoms with Gasteiger partial charge in [0.15, 0.2) is 5.16 Å². The fourth-order valence-electron chi connectivity index (χ4n) is 1.30. The van der Waals surface area contributed by atoms with Crippen LogP contribution in [0.1, 0.15) is 26.7 Å². The zero-order chi connectivity index (χ0) is 12.7. The predicted molar refractivity (Wildman–Crippen MR) is 69.2 cm³/mol. The van der Waals surface area contributed by atoms with Gasteiger partial charge in [-0.25, -0.2) is 9.97 Å². The van der Waals surface area contributed by atoms with Gasteiger partial charge in [-0.2, -0.15) is 0 Å². The zero-order valence-corrected chi connectivity index (χ0v) is 10.9. The third-order valence-electron chi connectivity index (χ3n) is 2.52. The molecule has 0 unspecified atom stereocenters. The summed E-state index contributed by atoms with van der Waals surface area (Å²) >= 11 is 1.62. The minimum absolute atomic E-state index is 0.271. The highest BCUT2D eigenvalue weighted by atomic mass is 32.2. The molecule has 1 rings (SSSR count). The maximum Gasteiger partial charge on any atom is 0.187 e. The lowest BCUT2D eigenvalue weighted by Crippen LogP contribution is -2.31. The molecule has 0 aliphatic carbocycles. The Morgan fingerprint density at radius 2 is 2.12 bits per heavy atom. The highest BCUT2D eigenvalue weighted by Crippen LogP contribution is 2.24. The first-order valence-corrected chi connectivity index (χ1v) is 6.42. The Bertz CT molecular complexity index is 367. The fourth-order valence-corrected chi connectivity index (χ4v) is 2.04. The quantitative estimate of drug-likeness (QED) is 0.154. The molecule has 1 heterocycles. The Morgan fingerprint density at radius 3 is 2.71 bits per heavy atom. The molecule has 5 nitrogen and oxygen atoms in total. The lowest BCUT2D eigenvalue weighted by molar-refractivity contribution is 0.305. The molecule has 3 N–H and O–H groups in total. The van der Waals surface area contributed by atoms with E-state index >= 15 is 0 Å². The number of aromatic nitrogens is 2. The van der Waals surface area contributed by atoms with E-state index in [1.165, 1.54) is 0 Å². The summed E-state index contributed by atoms with van der Waals surface area (Å²) in [7, 11) is 0. The second-order valence-electron chi connectivity index (χ2n) is 4.35. The molecular formula is C11H18N4OS. The maximum absolute atomic E-state index is 8.64. The van der Waals surface area contributed by atoms with Crippen molar-refractivity contribution in [2.24, 2.45) is 16.3 Å². The molecule has 0 saturated carbocycles. The lowest BCUT2D eigenvalue weighted by atomic mass is 9.87. The molecule has 1 aromatic rings. The smallest absolute Gasteiger partial charge is 0.187 e. The average molecular weight is 254 g/mol. The highest BCUT2D eigenvalue weighted by Gasteiger charge is 2.22. The van der Waals surface area contributed by atoms with Gasteiger partial charge in [0.05, 0.1) is 0 Å². The monoisotopic (exact) mass is 254 g/mol. The van der Waals surface area contributed by atoms with Crippen molar-refractivity contribution in [3.8, 4) is 0 Å². The molecule has 0 bridgehead atoms. The molecule has 0 aromatic carbocycles. The number of oxime groups is 1. The molecule has 0 spiro atoms. The van der Waals surface area contributed by atoms with Crippen LogP contribution in [-0.4, -0.2) is 26.8 Å². The Hall–Kier alpha value is -1.30. The molecule has 0 radical (unpaired) electrons. The van der Waals surface area contributed by atoms with Crippen molar-refractivity contribution in [2.75, 3.05) is 5.75 Å². The fraction of sp³-hybridized carbons (Fsp3) is 0.545. The van der Waals surface area contributed by atoms with Crippen molar-refractivity contribution >= 4 is 17.6 Å². The zero-order valence-electron chi connectivity index (χ0n) is 10.1. The summed E-state index contributed by atoms with van der Waals surface area (Å²) in [5, 5.41) is 12.5. The van der Waals surface area contributed by atoms with Gasteiger partial charge in [-0.15, -0.1) is 0 Å². The summed E-state index contributed by atoms with van der Waals surface area (Å²) < 4.78 is 0. The van der Waals surface area contributed by atoms with E-state index in [1.807, 2.05) is 13.8 Å². The van der Waals surface area contributed by atoms with Crippen LogP contribution >= 0.6 is 11.8 Å². The second-order valence-corrected chi connectivity index (χ2v) is 5.41. The van der Waals surface area contributed by atoms with E-state index < -0.39 is 0 Å².